The van der Waals surface area contributed by atoms with Crippen molar-refractivity contribution < 1.29 is 24.2 Å². The molecule has 2 amide bonds. The first kappa shape index (κ1) is 30.0. The zero-order valence-electron chi connectivity index (χ0n) is 22.7. The minimum atomic E-state index is -0.976. The number of rotatable bonds is 5. The number of methoxy groups -OCH3 is 1. The number of aliphatic carboxylic acids is 1. The molecule has 4 aromatic rings. The minimum absolute atomic E-state index is 0. The van der Waals surface area contributed by atoms with Crippen molar-refractivity contribution in [2.45, 2.75) is 25.3 Å². The first-order chi connectivity index (χ1) is 19.9. The molecule has 1 fully saturated rings. The molecule has 1 aliphatic heterocycles. The molecule has 0 saturated carbocycles. The number of carboxylic acids is 1. The first-order valence-corrected chi connectivity index (χ1v) is 13.0. The van der Waals surface area contributed by atoms with Crippen LogP contribution in [0, 0.1) is 11.8 Å². The lowest BCUT2D eigenvalue weighted by atomic mass is 10.0. The van der Waals surface area contributed by atoms with E-state index in [9.17, 15) is 19.5 Å². The monoisotopic (exact) mass is 585 g/mol. The highest BCUT2D eigenvalue weighted by molar-refractivity contribution is 6.06. The predicted octanol–water partition coefficient (Wildman–Crippen LogP) is 3.81. The maximum absolute atomic E-state index is 13.0. The van der Waals surface area contributed by atoms with E-state index in [1.54, 1.807) is 62.0 Å². The van der Waals surface area contributed by atoms with Crippen LogP contribution in [-0.4, -0.2) is 57.5 Å². The Balaban J connectivity index is 0.00000405. The average molecular weight is 586 g/mol. The number of likely N-dealkylation sites (tertiary alicyclic amines) is 1. The van der Waals surface area contributed by atoms with Gasteiger partial charge in [-0.15, -0.1) is 12.4 Å². The summed E-state index contributed by atoms with van der Waals surface area (Å²) in [7, 11) is 1.54. The van der Waals surface area contributed by atoms with Gasteiger partial charge in [0.2, 0.25) is 0 Å². The van der Waals surface area contributed by atoms with Crippen LogP contribution >= 0.6 is 12.4 Å². The fourth-order valence-corrected chi connectivity index (χ4v) is 4.87. The quantitative estimate of drug-likeness (QED) is 0.139. The third-order valence-corrected chi connectivity index (χ3v) is 7.01. The number of carbonyl (C=O) groups is 3. The molecule has 1 unspecified atom stereocenters. The minimum Gasteiger partial charge on any atom is -0.495 e. The Labute approximate surface area is 248 Å². The number of amides is 2. The van der Waals surface area contributed by atoms with Crippen molar-refractivity contribution in [2.24, 2.45) is 5.84 Å². The van der Waals surface area contributed by atoms with Crippen LogP contribution in [0.25, 0.3) is 22.2 Å². The first-order valence-electron chi connectivity index (χ1n) is 13.0. The Kier molecular flexibility index (Phi) is 9.37. The number of benzene rings is 2. The molecule has 0 spiro atoms. The van der Waals surface area contributed by atoms with Crippen molar-refractivity contribution in [3.8, 4) is 28.8 Å². The largest absolute Gasteiger partial charge is 0.495 e. The van der Waals surface area contributed by atoms with Gasteiger partial charge in [0.15, 0.2) is 0 Å². The highest BCUT2D eigenvalue weighted by Gasteiger charge is 2.32. The van der Waals surface area contributed by atoms with Crippen LogP contribution in [0.15, 0.2) is 67.0 Å². The van der Waals surface area contributed by atoms with Crippen molar-refractivity contribution in [2.75, 3.05) is 13.7 Å². The van der Waals surface area contributed by atoms with E-state index in [4.69, 9.17) is 10.6 Å². The highest BCUT2D eigenvalue weighted by atomic mass is 35.5. The van der Waals surface area contributed by atoms with E-state index in [1.165, 1.54) is 4.90 Å². The molecule has 10 nitrogen and oxygen atoms in total. The number of carbonyl (C=O) groups excluding carboxylic acids is 2. The summed E-state index contributed by atoms with van der Waals surface area (Å²) in [5.41, 5.74) is 6.13. The standard InChI is InChI=1S/C31H27N5O5.ClH/c1-41-28-16-22(26-17-23(29(37)35-32)24-18-33-14-13-25(24)34-26)12-11-20(28)8-5-19-6-9-21(10-7-19)30(38)36-15-3-2-4-27(36)31(39)40;/h6-7,9-14,16-18,27H,2-4,15,32H2,1H3,(H,35,37)(H,39,40);1H. The number of hydrogen-bond donors (Lipinski definition) is 3. The number of nitrogen functional groups attached to an aromatic ring is 1. The van der Waals surface area contributed by atoms with Gasteiger partial charge in [0.25, 0.3) is 11.8 Å². The van der Waals surface area contributed by atoms with Gasteiger partial charge in [0, 0.05) is 41.0 Å². The Bertz CT molecular complexity index is 1710. The number of nitrogens with zero attached hydrogens (tertiary/aromatic N) is 3. The van der Waals surface area contributed by atoms with Gasteiger partial charge in [-0.25, -0.2) is 15.6 Å². The van der Waals surface area contributed by atoms with Gasteiger partial charge in [-0.05, 0) is 67.8 Å². The summed E-state index contributed by atoms with van der Waals surface area (Å²) >= 11 is 0. The fraction of sp³-hybridized carbons (Fsp3) is 0.194. The molecule has 214 valence electrons. The van der Waals surface area contributed by atoms with Crippen LogP contribution in [0.3, 0.4) is 0 Å². The SMILES string of the molecule is COc1cc(-c2cc(C(=O)NN)c3cnccc3n2)ccc1C#Cc1ccc(C(=O)N2CCCCC2C(=O)O)cc1.Cl. The summed E-state index contributed by atoms with van der Waals surface area (Å²) in [5, 5.41) is 10.1. The lowest BCUT2D eigenvalue weighted by molar-refractivity contribution is -0.143. The van der Waals surface area contributed by atoms with Crippen LogP contribution in [0.4, 0.5) is 0 Å². The molecule has 5 rings (SSSR count). The number of halogens is 1. The van der Waals surface area contributed by atoms with Crippen molar-refractivity contribution in [1.29, 1.82) is 0 Å². The second-order valence-electron chi connectivity index (χ2n) is 9.51. The van der Waals surface area contributed by atoms with E-state index in [1.807, 2.05) is 12.1 Å². The summed E-state index contributed by atoms with van der Waals surface area (Å²) in [6.45, 7) is 0.431. The fourth-order valence-electron chi connectivity index (χ4n) is 4.87. The number of hydrogen-bond acceptors (Lipinski definition) is 7. The van der Waals surface area contributed by atoms with Crippen LogP contribution in [0.5, 0.6) is 5.75 Å². The number of nitrogens with two attached hydrogens (primary N) is 1. The molecule has 2 aromatic carbocycles. The number of nitrogens with one attached hydrogen (secondary N) is 1. The summed E-state index contributed by atoms with van der Waals surface area (Å²) in [6.07, 6.45) is 5.22. The van der Waals surface area contributed by atoms with Gasteiger partial charge in [0.1, 0.15) is 11.8 Å². The van der Waals surface area contributed by atoms with E-state index in [0.29, 0.717) is 57.6 Å². The molecule has 4 N–H and O–H groups in total. The van der Waals surface area contributed by atoms with E-state index >= 15 is 0 Å². The van der Waals surface area contributed by atoms with E-state index < -0.39 is 17.9 Å². The number of piperidine rings is 1. The second kappa shape index (κ2) is 13.1. The summed E-state index contributed by atoms with van der Waals surface area (Å²) < 4.78 is 5.59. The van der Waals surface area contributed by atoms with E-state index in [2.05, 4.69) is 27.2 Å². The molecule has 1 aliphatic rings. The van der Waals surface area contributed by atoms with Gasteiger partial charge in [-0.3, -0.25) is 20.0 Å². The molecule has 2 aromatic heterocycles. The smallest absolute Gasteiger partial charge is 0.326 e. The van der Waals surface area contributed by atoms with Crippen molar-refractivity contribution in [3.63, 3.8) is 0 Å². The lowest BCUT2D eigenvalue weighted by Gasteiger charge is -2.33. The molecule has 42 heavy (non-hydrogen) atoms. The molecule has 0 bridgehead atoms. The molecular formula is C31H28ClN5O5. The zero-order chi connectivity index (χ0) is 28.9. The zero-order valence-corrected chi connectivity index (χ0v) is 23.5. The molecule has 3 heterocycles. The Hall–Kier alpha value is -4.98. The van der Waals surface area contributed by atoms with E-state index in [0.717, 1.165) is 18.4 Å². The summed E-state index contributed by atoms with van der Waals surface area (Å²) in [6, 6.07) is 14.8. The molecule has 11 heteroatoms. The topological polar surface area (TPSA) is 148 Å². The normalized spacial score (nSPS) is 14.2. The molecule has 1 saturated heterocycles. The van der Waals surface area contributed by atoms with Gasteiger partial charge < -0.3 is 14.7 Å². The third kappa shape index (κ3) is 6.17. The molecule has 1 atom stereocenters. The van der Waals surface area contributed by atoms with Gasteiger partial charge in [0.05, 0.1) is 29.4 Å². The molecular weight excluding hydrogens is 558 g/mol. The van der Waals surface area contributed by atoms with Crippen molar-refractivity contribution in [1.82, 2.24) is 20.3 Å². The molecule has 0 aliphatic carbocycles. The van der Waals surface area contributed by atoms with Gasteiger partial charge in [-0.2, -0.15) is 0 Å². The number of pyridine rings is 2. The summed E-state index contributed by atoms with van der Waals surface area (Å²) in [5.74, 6) is 10.4. The average Bonchev–Trinajstić information content (AvgIpc) is 3.02. The van der Waals surface area contributed by atoms with Crippen LogP contribution in [0.2, 0.25) is 0 Å². The van der Waals surface area contributed by atoms with E-state index in [-0.39, 0.29) is 18.3 Å². The maximum Gasteiger partial charge on any atom is 0.326 e. The third-order valence-electron chi connectivity index (χ3n) is 7.01. The Morgan fingerprint density at radius 2 is 1.86 bits per heavy atom. The maximum atomic E-state index is 13.0. The number of hydrazine groups is 1. The number of carboxylic acid groups (broad SMARTS) is 1. The second-order valence-corrected chi connectivity index (χ2v) is 9.51. The molecule has 0 radical (unpaired) electrons. The van der Waals surface area contributed by atoms with Crippen LogP contribution in [-0.2, 0) is 4.79 Å². The summed E-state index contributed by atoms with van der Waals surface area (Å²) in [4.78, 5) is 47.2. The Morgan fingerprint density at radius 1 is 1.07 bits per heavy atom. The number of fused-ring (bicyclic) bond motifs is 1. The highest BCUT2D eigenvalue weighted by Crippen LogP contribution is 2.29. The van der Waals surface area contributed by atoms with Crippen molar-refractivity contribution >= 4 is 41.1 Å². The Morgan fingerprint density at radius 3 is 2.57 bits per heavy atom. The predicted molar refractivity (Wildman–Crippen MR) is 159 cm³/mol. The number of aromatic nitrogens is 2. The van der Waals surface area contributed by atoms with Crippen molar-refractivity contribution in [3.05, 3.63) is 89.2 Å². The number of ether oxygens (including phenoxy) is 1. The lowest BCUT2D eigenvalue weighted by Crippen LogP contribution is -2.47. The van der Waals surface area contributed by atoms with Crippen LogP contribution < -0.4 is 16.0 Å². The van der Waals surface area contributed by atoms with Crippen LogP contribution in [0.1, 0.15) is 51.1 Å². The van der Waals surface area contributed by atoms with Gasteiger partial charge >= 0.3 is 5.97 Å². The van der Waals surface area contributed by atoms with Gasteiger partial charge in [-0.1, -0.05) is 17.9 Å².